The van der Waals surface area contributed by atoms with Crippen LogP contribution in [0.25, 0.3) is 0 Å². The van der Waals surface area contributed by atoms with Gasteiger partial charge in [-0.2, -0.15) is 0 Å². The molecule has 0 aromatic heterocycles. The van der Waals surface area contributed by atoms with Crippen molar-refractivity contribution in [3.05, 3.63) is 21.7 Å². The average molecular weight is 186 g/mol. The summed E-state index contributed by atoms with van der Waals surface area (Å²) in [7, 11) is 0. The third kappa shape index (κ3) is 1.12. The zero-order valence-electron chi connectivity index (χ0n) is 7.40. The van der Waals surface area contributed by atoms with Crippen molar-refractivity contribution >= 4 is 17.3 Å². The van der Waals surface area contributed by atoms with Gasteiger partial charge in [0.2, 0.25) is 0 Å². The van der Waals surface area contributed by atoms with E-state index in [0.29, 0.717) is 10.7 Å². The summed E-state index contributed by atoms with van der Waals surface area (Å²) >= 11 is 5.83. The van der Waals surface area contributed by atoms with Gasteiger partial charge in [-0.25, -0.2) is 0 Å². The summed E-state index contributed by atoms with van der Waals surface area (Å²) in [5, 5.41) is 9.86. The van der Waals surface area contributed by atoms with Crippen molar-refractivity contribution < 1.29 is 5.11 Å². The van der Waals surface area contributed by atoms with Gasteiger partial charge in [0.15, 0.2) is 0 Å². The SMILES string of the molecule is Cc1c(C)c(O)c(Cl)c(C)c1N. The van der Waals surface area contributed by atoms with E-state index in [4.69, 9.17) is 17.3 Å². The van der Waals surface area contributed by atoms with Crippen molar-refractivity contribution in [2.24, 2.45) is 0 Å². The minimum absolute atomic E-state index is 0.140. The first-order valence-corrected chi connectivity index (χ1v) is 4.08. The second kappa shape index (κ2) is 2.87. The number of nitrogen functional groups attached to an aromatic ring is 1. The van der Waals surface area contributed by atoms with E-state index in [2.05, 4.69) is 0 Å². The van der Waals surface area contributed by atoms with E-state index in [-0.39, 0.29) is 5.75 Å². The summed E-state index contributed by atoms with van der Waals surface area (Å²) in [4.78, 5) is 0. The smallest absolute Gasteiger partial charge is 0.137 e. The Bertz CT molecular complexity index is 229. The molecular weight excluding hydrogens is 174 g/mol. The number of benzene rings is 1. The lowest BCUT2D eigenvalue weighted by molar-refractivity contribution is 0.470. The van der Waals surface area contributed by atoms with Crippen molar-refractivity contribution in [2.75, 3.05) is 5.73 Å². The van der Waals surface area contributed by atoms with E-state index in [0.717, 1.165) is 16.7 Å². The van der Waals surface area contributed by atoms with Gasteiger partial charge in [0, 0.05) is 5.69 Å². The summed E-state index contributed by atoms with van der Waals surface area (Å²) in [6.07, 6.45) is 0. The molecule has 0 aliphatic rings. The third-order valence-electron chi connectivity index (χ3n) is 2.26. The molecule has 0 atom stereocenters. The summed E-state index contributed by atoms with van der Waals surface area (Å²) < 4.78 is 0. The van der Waals surface area contributed by atoms with Gasteiger partial charge in [0.05, 0.1) is 5.02 Å². The molecule has 1 aromatic carbocycles. The van der Waals surface area contributed by atoms with Gasteiger partial charge in [-0.3, -0.25) is 0 Å². The predicted octanol–water partition coefficient (Wildman–Crippen LogP) is 2.55. The van der Waals surface area contributed by atoms with Crippen molar-refractivity contribution in [1.29, 1.82) is 0 Å². The molecule has 12 heavy (non-hydrogen) atoms. The van der Waals surface area contributed by atoms with Crippen LogP contribution in [0.1, 0.15) is 16.7 Å². The van der Waals surface area contributed by atoms with E-state index in [1.54, 1.807) is 13.8 Å². The number of phenols is 1. The van der Waals surface area contributed by atoms with Crippen LogP contribution in [0.15, 0.2) is 0 Å². The highest BCUT2D eigenvalue weighted by molar-refractivity contribution is 6.33. The van der Waals surface area contributed by atoms with Gasteiger partial charge in [-0.15, -0.1) is 0 Å². The van der Waals surface area contributed by atoms with Crippen LogP contribution in [0, 0.1) is 20.8 Å². The quantitative estimate of drug-likeness (QED) is 0.482. The standard InChI is InChI=1S/C9H12ClNO/c1-4-5(2)9(12)7(10)6(3)8(4)11/h12H,11H2,1-3H3. The molecule has 0 unspecified atom stereocenters. The normalized spacial score (nSPS) is 10.3. The maximum Gasteiger partial charge on any atom is 0.137 e. The maximum atomic E-state index is 9.50. The Morgan fingerprint density at radius 3 is 2.08 bits per heavy atom. The van der Waals surface area contributed by atoms with E-state index < -0.39 is 0 Å². The number of halogens is 1. The zero-order valence-corrected chi connectivity index (χ0v) is 8.16. The molecule has 0 saturated heterocycles. The Morgan fingerprint density at radius 1 is 1.08 bits per heavy atom. The van der Waals surface area contributed by atoms with E-state index >= 15 is 0 Å². The fourth-order valence-corrected chi connectivity index (χ4v) is 1.36. The van der Waals surface area contributed by atoms with Crippen LogP contribution in [0.3, 0.4) is 0 Å². The summed E-state index contributed by atoms with van der Waals surface area (Å²) in [5.41, 5.74) is 8.82. The van der Waals surface area contributed by atoms with Crippen LogP contribution in [0.5, 0.6) is 5.75 Å². The number of nitrogens with two attached hydrogens (primary N) is 1. The minimum atomic E-state index is 0.140. The lowest BCUT2D eigenvalue weighted by Crippen LogP contribution is -1.97. The van der Waals surface area contributed by atoms with Crippen LogP contribution in [0.4, 0.5) is 5.69 Å². The van der Waals surface area contributed by atoms with Gasteiger partial charge >= 0.3 is 0 Å². The molecule has 0 heterocycles. The molecule has 1 aromatic rings. The van der Waals surface area contributed by atoms with Gasteiger partial charge in [-0.05, 0) is 37.5 Å². The lowest BCUT2D eigenvalue weighted by atomic mass is 10.0. The van der Waals surface area contributed by atoms with Crippen molar-refractivity contribution in [3.63, 3.8) is 0 Å². The number of rotatable bonds is 0. The van der Waals surface area contributed by atoms with Crippen LogP contribution in [-0.2, 0) is 0 Å². The number of aromatic hydroxyl groups is 1. The molecule has 3 heteroatoms. The fraction of sp³-hybridized carbons (Fsp3) is 0.333. The molecule has 0 saturated carbocycles. The third-order valence-corrected chi connectivity index (χ3v) is 2.73. The molecule has 3 N–H and O–H groups in total. The largest absolute Gasteiger partial charge is 0.506 e. The molecule has 0 amide bonds. The molecular formula is C9H12ClNO. The highest BCUT2D eigenvalue weighted by Gasteiger charge is 2.12. The van der Waals surface area contributed by atoms with Crippen molar-refractivity contribution in [2.45, 2.75) is 20.8 Å². The van der Waals surface area contributed by atoms with Crippen LogP contribution in [0.2, 0.25) is 5.02 Å². The van der Waals surface area contributed by atoms with Gasteiger partial charge in [0.25, 0.3) is 0 Å². The minimum Gasteiger partial charge on any atom is -0.506 e. The number of phenolic OH excluding ortho intramolecular Hbond substituents is 1. The molecule has 0 fully saturated rings. The topological polar surface area (TPSA) is 46.2 Å². The van der Waals surface area contributed by atoms with Crippen LogP contribution < -0.4 is 5.73 Å². The Kier molecular flexibility index (Phi) is 2.20. The summed E-state index contributed by atoms with van der Waals surface area (Å²) in [6.45, 7) is 5.46. The first-order chi connectivity index (χ1) is 5.46. The van der Waals surface area contributed by atoms with Gasteiger partial charge < -0.3 is 10.8 Å². The molecule has 0 bridgehead atoms. The van der Waals surface area contributed by atoms with Crippen LogP contribution >= 0.6 is 11.6 Å². The summed E-state index contributed by atoms with van der Waals surface area (Å²) in [6, 6.07) is 0. The Labute approximate surface area is 77.0 Å². The Hall–Kier alpha value is -0.890. The second-order valence-electron chi connectivity index (χ2n) is 2.95. The molecule has 0 radical (unpaired) electrons. The monoisotopic (exact) mass is 185 g/mol. The van der Waals surface area contributed by atoms with E-state index in [9.17, 15) is 5.11 Å². The molecule has 0 aliphatic carbocycles. The zero-order chi connectivity index (χ0) is 9.46. The Balaban J connectivity index is 3.60. The first kappa shape index (κ1) is 9.20. The fourth-order valence-electron chi connectivity index (χ4n) is 1.12. The lowest BCUT2D eigenvalue weighted by Gasteiger charge is -2.12. The highest BCUT2D eigenvalue weighted by atomic mass is 35.5. The molecule has 2 nitrogen and oxygen atoms in total. The molecule has 0 spiro atoms. The number of anilines is 1. The second-order valence-corrected chi connectivity index (χ2v) is 3.33. The van der Waals surface area contributed by atoms with E-state index in [1.165, 1.54) is 0 Å². The number of hydrogen-bond acceptors (Lipinski definition) is 2. The summed E-state index contributed by atoms with van der Waals surface area (Å²) in [5.74, 6) is 0.140. The maximum absolute atomic E-state index is 9.50. The predicted molar refractivity (Wildman–Crippen MR) is 51.7 cm³/mol. The Morgan fingerprint density at radius 2 is 1.58 bits per heavy atom. The average Bonchev–Trinajstić information content (AvgIpc) is 2.08. The van der Waals surface area contributed by atoms with Gasteiger partial charge in [0.1, 0.15) is 5.75 Å². The molecule has 0 aliphatic heterocycles. The molecule has 1 rings (SSSR count). The van der Waals surface area contributed by atoms with Crippen molar-refractivity contribution in [3.8, 4) is 5.75 Å². The molecule has 66 valence electrons. The first-order valence-electron chi connectivity index (χ1n) is 3.70. The van der Waals surface area contributed by atoms with E-state index in [1.807, 2.05) is 6.92 Å². The number of hydrogen-bond donors (Lipinski definition) is 2. The highest BCUT2D eigenvalue weighted by Crippen LogP contribution is 2.36. The van der Waals surface area contributed by atoms with Crippen molar-refractivity contribution in [1.82, 2.24) is 0 Å². The van der Waals surface area contributed by atoms with Crippen LogP contribution in [-0.4, -0.2) is 5.11 Å². The van der Waals surface area contributed by atoms with Gasteiger partial charge in [-0.1, -0.05) is 11.6 Å².